The molecule has 0 aromatic heterocycles. The Morgan fingerprint density at radius 1 is 1.00 bits per heavy atom. The first-order valence-electron chi connectivity index (χ1n) is 6.70. The van der Waals surface area contributed by atoms with Gasteiger partial charge >= 0.3 is 17.9 Å². The van der Waals surface area contributed by atoms with Gasteiger partial charge in [0, 0.05) is 6.04 Å². The quantitative estimate of drug-likeness (QED) is 0.774. The average molecular weight is 307 g/mol. The summed E-state index contributed by atoms with van der Waals surface area (Å²) in [5, 5.41) is 12.2. The molecule has 118 valence electrons. The molecule has 0 amide bonds. The molecule has 1 aromatic rings. The van der Waals surface area contributed by atoms with Crippen molar-refractivity contribution in [1.82, 2.24) is 5.32 Å². The molecular weight excluding hydrogens is 290 g/mol. The Morgan fingerprint density at radius 3 is 2.05 bits per heavy atom. The van der Waals surface area contributed by atoms with Gasteiger partial charge in [0.2, 0.25) is 0 Å². The molecule has 1 aromatic carbocycles. The molecule has 4 atom stereocenters. The highest BCUT2D eigenvalue weighted by Gasteiger charge is 2.54. The molecule has 2 N–H and O–H groups in total. The minimum Gasteiger partial charge on any atom is -0.480 e. The maximum absolute atomic E-state index is 12.1. The highest BCUT2D eigenvalue weighted by atomic mass is 16.5. The van der Waals surface area contributed by atoms with Gasteiger partial charge in [0.05, 0.1) is 26.1 Å². The van der Waals surface area contributed by atoms with Crippen molar-refractivity contribution in [2.75, 3.05) is 14.2 Å². The van der Waals surface area contributed by atoms with E-state index < -0.39 is 41.8 Å². The van der Waals surface area contributed by atoms with E-state index in [4.69, 9.17) is 4.74 Å². The lowest BCUT2D eigenvalue weighted by Crippen LogP contribution is -2.41. The predicted octanol–water partition coefficient (Wildman–Crippen LogP) is 0.362. The molecule has 1 saturated heterocycles. The third kappa shape index (κ3) is 2.80. The Kier molecular flexibility index (Phi) is 4.77. The van der Waals surface area contributed by atoms with Gasteiger partial charge in [-0.3, -0.25) is 19.7 Å². The van der Waals surface area contributed by atoms with Crippen LogP contribution in [0.4, 0.5) is 0 Å². The fraction of sp³-hybridized carbons (Fsp3) is 0.400. The van der Waals surface area contributed by atoms with Gasteiger partial charge in [-0.25, -0.2) is 0 Å². The number of carbonyl (C=O) groups excluding carboxylic acids is 2. The molecule has 0 spiro atoms. The Labute approximate surface area is 127 Å². The smallest absolute Gasteiger partial charge is 0.321 e. The van der Waals surface area contributed by atoms with Crippen LogP contribution in [0.3, 0.4) is 0 Å². The monoisotopic (exact) mass is 307 g/mol. The summed E-state index contributed by atoms with van der Waals surface area (Å²) in [7, 11) is 2.36. The van der Waals surface area contributed by atoms with Crippen LogP contribution in [0.2, 0.25) is 0 Å². The van der Waals surface area contributed by atoms with E-state index in [1.807, 2.05) is 0 Å². The van der Waals surface area contributed by atoms with E-state index in [2.05, 4.69) is 10.1 Å². The molecular formula is C15H17NO6. The lowest BCUT2D eigenvalue weighted by atomic mass is 9.84. The zero-order chi connectivity index (χ0) is 16.3. The maximum atomic E-state index is 12.1. The number of benzene rings is 1. The summed E-state index contributed by atoms with van der Waals surface area (Å²) in [6.07, 6.45) is 0. The standard InChI is InChI=1S/C15H17NO6/c1-21-14(19)9-10(15(20)22-2)12(13(17)18)16-11(9)8-6-4-3-5-7-8/h3-7,9-12,16H,1-2H3,(H,17,18)/t9-,10+,11?,12-/m0/s1. The topological polar surface area (TPSA) is 102 Å². The molecule has 1 aliphatic rings. The minimum absolute atomic E-state index is 0.640. The van der Waals surface area contributed by atoms with Crippen LogP contribution in [0.5, 0.6) is 0 Å². The lowest BCUT2D eigenvalue weighted by Gasteiger charge is -2.20. The number of nitrogens with one attached hydrogen (secondary N) is 1. The first-order valence-corrected chi connectivity index (χ1v) is 6.70. The maximum Gasteiger partial charge on any atom is 0.321 e. The van der Waals surface area contributed by atoms with E-state index in [1.165, 1.54) is 7.11 Å². The van der Waals surface area contributed by atoms with Crippen LogP contribution in [-0.2, 0) is 23.9 Å². The number of carbonyl (C=O) groups is 3. The molecule has 1 unspecified atom stereocenters. The Morgan fingerprint density at radius 2 is 1.55 bits per heavy atom. The van der Waals surface area contributed by atoms with Crippen molar-refractivity contribution >= 4 is 17.9 Å². The number of aliphatic carboxylic acids is 1. The molecule has 1 aliphatic heterocycles. The van der Waals surface area contributed by atoms with Crippen LogP contribution in [0.25, 0.3) is 0 Å². The van der Waals surface area contributed by atoms with Crippen molar-refractivity contribution in [1.29, 1.82) is 0 Å². The Bertz CT molecular complexity index is 573. The number of hydrogen-bond donors (Lipinski definition) is 2. The Balaban J connectivity index is 2.47. The number of esters is 2. The number of carboxylic acid groups (broad SMARTS) is 1. The molecule has 22 heavy (non-hydrogen) atoms. The number of rotatable bonds is 4. The highest BCUT2D eigenvalue weighted by Crippen LogP contribution is 2.39. The van der Waals surface area contributed by atoms with Gasteiger partial charge in [-0.15, -0.1) is 0 Å². The fourth-order valence-corrected chi connectivity index (χ4v) is 2.84. The van der Waals surface area contributed by atoms with Crippen LogP contribution in [0.1, 0.15) is 11.6 Å². The summed E-state index contributed by atoms with van der Waals surface area (Å²) < 4.78 is 9.43. The molecule has 1 heterocycles. The van der Waals surface area contributed by atoms with Crippen LogP contribution < -0.4 is 5.32 Å². The largest absolute Gasteiger partial charge is 0.480 e. The highest BCUT2D eigenvalue weighted by molar-refractivity contribution is 5.90. The van der Waals surface area contributed by atoms with Crippen molar-refractivity contribution in [3.63, 3.8) is 0 Å². The number of carboxylic acids is 1. The van der Waals surface area contributed by atoms with Gasteiger partial charge in [0.15, 0.2) is 0 Å². The summed E-state index contributed by atoms with van der Waals surface area (Å²) in [4.78, 5) is 35.6. The van der Waals surface area contributed by atoms with Crippen LogP contribution in [0.15, 0.2) is 30.3 Å². The second kappa shape index (κ2) is 6.57. The van der Waals surface area contributed by atoms with E-state index in [0.29, 0.717) is 5.56 Å². The second-order valence-electron chi connectivity index (χ2n) is 4.97. The van der Waals surface area contributed by atoms with E-state index in [0.717, 1.165) is 7.11 Å². The third-order valence-corrected chi connectivity index (χ3v) is 3.84. The summed E-state index contributed by atoms with van der Waals surface area (Å²) in [6.45, 7) is 0. The zero-order valence-corrected chi connectivity index (χ0v) is 12.2. The summed E-state index contributed by atoms with van der Waals surface area (Å²) in [5.74, 6) is -4.75. The number of hydrogen-bond acceptors (Lipinski definition) is 6. The third-order valence-electron chi connectivity index (χ3n) is 3.84. The van der Waals surface area contributed by atoms with E-state index in [-0.39, 0.29) is 0 Å². The Hall–Kier alpha value is -2.41. The predicted molar refractivity (Wildman–Crippen MR) is 74.8 cm³/mol. The molecule has 2 rings (SSSR count). The summed E-state index contributed by atoms with van der Waals surface area (Å²) in [5.41, 5.74) is 0.704. The van der Waals surface area contributed by atoms with E-state index in [9.17, 15) is 19.5 Å². The van der Waals surface area contributed by atoms with Crippen molar-refractivity contribution in [2.24, 2.45) is 11.8 Å². The van der Waals surface area contributed by atoms with E-state index in [1.54, 1.807) is 30.3 Å². The molecule has 0 radical (unpaired) electrons. The van der Waals surface area contributed by atoms with E-state index >= 15 is 0 Å². The van der Waals surface area contributed by atoms with Gasteiger partial charge in [0.25, 0.3) is 0 Å². The molecule has 0 saturated carbocycles. The second-order valence-corrected chi connectivity index (χ2v) is 4.97. The van der Waals surface area contributed by atoms with Crippen LogP contribution in [0, 0.1) is 11.8 Å². The molecule has 7 nitrogen and oxygen atoms in total. The van der Waals surface area contributed by atoms with Crippen LogP contribution >= 0.6 is 0 Å². The van der Waals surface area contributed by atoms with Gasteiger partial charge in [-0.2, -0.15) is 0 Å². The van der Waals surface area contributed by atoms with Gasteiger partial charge in [-0.05, 0) is 5.56 Å². The SMILES string of the molecule is COC(=O)[C@H]1[C@@H](C(=O)O)NC(c2ccccc2)[C@H]1C(=O)OC. The number of methoxy groups -OCH3 is 2. The first-order chi connectivity index (χ1) is 10.5. The average Bonchev–Trinajstić information content (AvgIpc) is 2.94. The van der Waals surface area contributed by atoms with Gasteiger partial charge in [0.1, 0.15) is 6.04 Å². The van der Waals surface area contributed by atoms with Crippen molar-refractivity contribution in [2.45, 2.75) is 12.1 Å². The first kappa shape index (κ1) is 16.0. The van der Waals surface area contributed by atoms with Crippen molar-refractivity contribution < 1.29 is 29.0 Å². The lowest BCUT2D eigenvalue weighted by molar-refractivity contribution is -0.159. The summed E-state index contributed by atoms with van der Waals surface area (Å²) in [6, 6.07) is 7.00. The normalized spacial score (nSPS) is 27.2. The molecule has 0 aliphatic carbocycles. The number of ether oxygens (including phenoxy) is 2. The van der Waals surface area contributed by atoms with Gasteiger partial charge < -0.3 is 14.6 Å². The fourth-order valence-electron chi connectivity index (χ4n) is 2.84. The van der Waals surface area contributed by atoms with Crippen LogP contribution in [-0.4, -0.2) is 43.3 Å². The molecule has 7 heteroatoms. The zero-order valence-electron chi connectivity index (χ0n) is 12.2. The van der Waals surface area contributed by atoms with Crippen molar-refractivity contribution in [3.05, 3.63) is 35.9 Å². The summed E-state index contributed by atoms with van der Waals surface area (Å²) >= 11 is 0. The minimum atomic E-state index is -1.22. The van der Waals surface area contributed by atoms with Gasteiger partial charge in [-0.1, -0.05) is 30.3 Å². The molecule has 0 bridgehead atoms. The molecule has 1 fully saturated rings. The van der Waals surface area contributed by atoms with Crippen molar-refractivity contribution in [3.8, 4) is 0 Å².